The van der Waals surface area contributed by atoms with Crippen LogP contribution in [0.25, 0.3) is 48.7 Å². The molecule has 0 radical (unpaired) electrons. The minimum absolute atomic E-state index is 0.828. The molecule has 48 heavy (non-hydrogen) atoms. The topological polar surface area (TPSA) is 15.3 Å². The van der Waals surface area contributed by atoms with Crippen LogP contribution in [0.15, 0.2) is 176 Å². The Morgan fingerprint density at radius 1 is 0.458 bits per heavy atom. The number of anilines is 4. The lowest BCUT2D eigenvalue weighted by atomic mass is 9.99. The van der Waals surface area contributed by atoms with E-state index in [1.807, 2.05) is 11.3 Å². The summed E-state index contributed by atoms with van der Waals surface area (Å²) >= 11 is 1.87. The zero-order valence-electron chi connectivity index (χ0n) is 26.3. The summed E-state index contributed by atoms with van der Waals surface area (Å²) in [6, 6.07) is 61.4. The normalized spacial score (nSPS) is 12.4. The predicted molar refractivity (Wildman–Crippen MR) is 207 cm³/mol. The molecule has 0 atom stereocenters. The van der Waals surface area contributed by atoms with Crippen LogP contribution in [0.4, 0.5) is 22.7 Å². The van der Waals surface area contributed by atoms with E-state index in [-0.39, 0.29) is 0 Å². The second-order valence-electron chi connectivity index (χ2n) is 12.2. The number of hydrogen-bond donors (Lipinski definition) is 1. The van der Waals surface area contributed by atoms with Gasteiger partial charge in [0.25, 0.3) is 0 Å². The Morgan fingerprint density at radius 2 is 1.00 bits per heavy atom. The average Bonchev–Trinajstić information content (AvgIpc) is 3.55. The number of nitrogens with one attached hydrogen (secondary N) is 1. The van der Waals surface area contributed by atoms with Crippen molar-refractivity contribution in [1.82, 2.24) is 0 Å². The quantitative estimate of drug-likeness (QED) is 0.196. The van der Waals surface area contributed by atoms with Gasteiger partial charge < -0.3 is 10.2 Å². The van der Waals surface area contributed by atoms with Gasteiger partial charge in [-0.25, -0.2) is 0 Å². The minimum atomic E-state index is 0.828. The van der Waals surface area contributed by atoms with Crippen LogP contribution in [-0.4, -0.2) is 6.54 Å². The molecular formula is C45H32N2S. The van der Waals surface area contributed by atoms with Crippen molar-refractivity contribution >= 4 is 60.5 Å². The number of hydrogen-bond acceptors (Lipinski definition) is 3. The van der Waals surface area contributed by atoms with Gasteiger partial charge in [0.15, 0.2) is 0 Å². The molecule has 2 heterocycles. The summed E-state index contributed by atoms with van der Waals surface area (Å²) in [5, 5.41) is 7.44. The lowest BCUT2D eigenvalue weighted by Gasteiger charge is -2.26. The fraction of sp³-hybridized carbons (Fsp3) is 0.0222. The third-order valence-electron chi connectivity index (χ3n) is 9.30. The van der Waals surface area contributed by atoms with Gasteiger partial charge in [0.1, 0.15) is 0 Å². The number of rotatable bonds is 6. The van der Waals surface area contributed by atoms with Gasteiger partial charge in [-0.15, -0.1) is 11.3 Å². The van der Waals surface area contributed by atoms with Crippen molar-refractivity contribution in [3.8, 4) is 22.3 Å². The Bertz CT molecular complexity index is 2420. The molecule has 0 unspecified atom stereocenters. The van der Waals surface area contributed by atoms with Crippen LogP contribution in [0.5, 0.6) is 0 Å². The number of thiophene rings is 1. The summed E-state index contributed by atoms with van der Waals surface area (Å²) in [5.74, 6) is 0. The monoisotopic (exact) mass is 632 g/mol. The highest BCUT2D eigenvalue weighted by molar-refractivity contribution is 7.21. The lowest BCUT2D eigenvalue weighted by molar-refractivity contribution is 1.28. The molecule has 0 saturated heterocycles. The first-order valence-electron chi connectivity index (χ1n) is 16.4. The van der Waals surface area contributed by atoms with E-state index in [0.717, 1.165) is 23.6 Å². The van der Waals surface area contributed by atoms with E-state index < -0.39 is 0 Å². The third-order valence-corrected chi connectivity index (χ3v) is 10.5. The van der Waals surface area contributed by atoms with E-state index in [0.29, 0.717) is 0 Å². The van der Waals surface area contributed by atoms with Crippen molar-refractivity contribution in [2.75, 3.05) is 16.8 Å². The summed E-state index contributed by atoms with van der Waals surface area (Å²) in [5.41, 5.74) is 12.0. The van der Waals surface area contributed by atoms with Crippen molar-refractivity contribution in [2.45, 2.75) is 0 Å². The molecule has 9 rings (SSSR count). The fourth-order valence-corrected chi connectivity index (χ4v) is 8.09. The van der Waals surface area contributed by atoms with Crippen LogP contribution in [-0.2, 0) is 0 Å². The van der Waals surface area contributed by atoms with Crippen LogP contribution < -0.4 is 10.2 Å². The summed E-state index contributed by atoms with van der Waals surface area (Å²) < 4.78 is 1.32. The van der Waals surface area contributed by atoms with Crippen molar-refractivity contribution in [3.05, 3.63) is 186 Å². The molecule has 7 aromatic carbocycles. The maximum Gasteiger partial charge on any atom is 0.0612 e. The van der Waals surface area contributed by atoms with Crippen LogP contribution in [0, 0.1) is 0 Å². The highest BCUT2D eigenvalue weighted by Crippen LogP contribution is 2.45. The lowest BCUT2D eigenvalue weighted by Crippen LogP contribution is -2.10. The Morgan fingerprint density at radius 3 is 1.71 bits per heavy atom. The molecule has 1 N–H and O–H groups in total. The molecule has 3 heteroatoms. The average molecular weight is 633 g/mol. The van der Waals surface area contributed by atoms with Gasteiger partial charge in [0.05, 0.1) is 10.6 Å². The van der Waals surface area contributed by atoms with Crippen LogP contribution in [0.3, 0.4) is 0 Å². The first kappa shape index (κ1) is 28.3. The van der Waals surface area contributed by atoms with Crippen molar-refractivity contribution in [1.29, 1.82) is 0 Å². The fourth-order valence-electron chi connectivity index (χ4n) is 6.85. The second-order valence-corrected chi connectivity index (χ2v) is 13.3. The van der Waals surface area contributed by atoms with Crippen molar-refractivity contribution in [3.63, 3.8) is 0 Å². The van der Waals surface area contributed by atoms with Gasteiger partial charge in [-0.1, -0.05) is 127 Å². The van der Waals surface area contributed by atoms with Gasteiger partial charge in [-0.3, -0.25) is 0 Å². The van der Waals surface area contributed by atoms with Gasteiger partial charge >= 0.3 is 0 Å². The zero-order valence-corrected chi connectivity index (χ0v) is 27.1. The van der Waals surface area contributed by atoms with Crippen molar-refractivity contribution in [2.24, 2.45) is 0 Å². The van der Waals surface area contributed by atoms with Gasteiger partial charge in [-0.05, 0) is 92.7 Å². The first-order valence-corrected chi connectivity index (χ1v) is 17.2. The molecule has 0 amide bonds. The molecule has 0 aliphatic carbocycles. The third kappa shape index (κ3) is 5.15. The van der Waals surface area contributed by atoms with Gasteiger partial charge in [0, 0.05) is 33.7 Å². The van der Waals surface area contributed by atoms with Crippen LogP contribution in [0.2, 0.25) is 0 Å². The largest absolute Gasteiger partial charge is 0.380 e. The van der Waals surface area contributed by atoms with E-state index >= 15 is 0 Å². The number of fused-ring (bicyclic) bond motifs is 4. The van der Waals surface area contributed by atoms with E-state index in [1.165, 1.54) is 64.8 Å². The Balaban J connectivity index is 1.09. The summed E-state index contributed by atoms with van der Waals surface area (Å²) in [7, 11) is 0. The Hall–Kier alpha value is -5.90. The molecule has 0 saturated carbocycles. The molecule has 1 aromatic heterocycles. The maximum atomic E-state index is 3.63. The van der Waals surface area contributed by atoms with E-state index in [2.05, 4.69) is 186 Å². The van der Waals surface area contributed by atoms with Gasteiger partial charge in [-0.2, -0.15) is 0 Å². The SMILES string of the molecule is C1=C(c2ccc(N(c3ccc(-c4ccccc4)cc3)c3ccc(-c4ccc5ccccc5c4)cc3)cc2)c2sc3ccccc3c2NC1. The van der Waals surface area contributed by atoms with E-state index in [1.54, 1.807) is 0 Å². The van der Waals surface area contributed by atoms with E-state index in [4.69, 9.17) is 0 Å². The zero-order chi connectivity index (χ0) is 31.9. The van der Waals surface area contributed by atoms with E-state index in [9.17, 15) is 0 Å². The molecular weight excluding hydrogens is 601 g/mol. The Kier molecular flexibility index (Phi) is 7.10. The minimum Gasteiger partial charge on any atom is -0.380 e. The molecule has 228 valence electrons. The maximum absolute atomic E-state index is 3.63. The second kappa shape index (κ2) is 12.0. The van der Waals surface area contributed by atoms with Gasteiger partial charge in [0.2, 0.25) is 0 Å². The van der Waals surface area contributed by atoms with Crippen molar-refractivity contribution < 1.29 is 0 Å². The smallest absolute Gasteiger partial charge is 0.0612 e. The molecule has 1 aliphatic heterocycles. The molecule has 0 bridgehead atoms. The summed E-state index contributed by atoms with van der Waals surface area (Å²) in [6.45, 7) is 0.828. The standard InChI is InChI=1S/C45H32N2S/c1-2-8-31(9-3-1)33-16-22-38(23-17-33)47(39-24-18-34(19-25-39)37-15-14-32-10-4-5-11-36(32)30-37)40-26-20-35(21-27-40)41-28-29-46-44-42-12-6-7-13-43(42)48-45(41)44/h1-28,30,46H,29H2. The molecule has 1 aliphatic rings. The van der Waals surface area contributed by atoms with Crippen LogP contribution >= 0.6 is 11.3 Å². The molecule has 2 nitrogen and oxygen atoms in total. The number of benzene rings is 7. The highest BCUT2D eigenvalue weighted by Gasteiger charge is 2.20. The molecule has 0 fully saturated rings. The highest BCUT2D eigenvalue weighted by atomic mass is 32.1. The Labute approximate surface area is 284 Å². The molecule has 8 aromatic rings. The molecule has 0 spiro atoms. The first-order chi connectivity index (χ1) is 23.8. The number of nitrogens with zero attached hydrogens (tertiary/aromatic N) is 1. The summed E-state index contributed by atoms with van der Waals surface area (Å²) in [6.07, 6.45) is 2.32. The van der Waals surface area contributed by atoms with Crippen LogP contribution in [0.1, 0.15) is 10.4 Å². The predicted octanol–water partition coefficient (Wildman–Crippen LogP) is 12.7. The summed E-state index contributed by atoms with van der Waals surface area (Å²) in [4.78, 5) is 3.66.